The maximum absolute atomic E-state index is 12.0. The van der Waals surface area contributed by atoms with Crippen molar-refractivity contribution >= 4 is 17.3 Å². The Balaban J connectivity index is 3.32. The molecule has 16 heavy (non-hydrogen) atoms. The molecule has 0 aromatic carbocycles. The third-order valence-corrected chi connectivity index (χ3v) is 1.98. The average Bonchev–Trinajstić information content (AvgIpc) is 2.10. The zero-order valence-electron chi connectivity index (χ0n) is 7.71. The van der Waals surface area contributed by atoms with Crippen LogP contribution >= 0.6 is 11.6 Å². The monoisotopic (exact) mass is 256 g/mol. The highest BCUT2D eigenvalue weighted by Gasteiger charge is 2.36. The van der Waals surface area contributed by atoms with E-state index in [4.69, 9.17) is 11.6 Å². The molecule has 0 saturated heterocycles. The van der Waals surface area contributed by atoms with E-state index in [-0.39, 0.29) is 10.7 Å². The van der Waals surface area contributed by atoms with Gasteiger partial charge in [-0.25, -0.2) is 4.98 Å². The van der Waals surface area contributed by atoms with E-state index >= 15 is 0 Å². The number of nitrogens with zero attached hydrogens (tertiary/aromatic N) is 2. The topological polar surface area (TPSA) is 65.3 Å². The second-order valence-corrected chi connectivity index (χ2v) is 3.05. The lowest BCUT2D eigenvalue weighted by Gasteiger charge is -2.11. The van der Waals surface area contributed by atoms with E-state index in [2.05, 4.69) is 9.72 Å². The molecule has 9 heteroatoms. The maximum Gasteiger partial charge on any atom is 0.573 e. The van der Waals surface area contributed by atoms with E-state index in [1.807, 2.05) is 0 Å². The molecular formula is C7H4ClF3N2O3. The van der Waals surface area contributed by atoms with Crippen molar-refractivity contribution < 1.29 is 22.8 Å². The molecule has 0 N–H and O–H groups in total. The van der Waals surface area contributed by atoms with Crippen LogP contribution in [0.1, 0.15) is 5.56 Å². The van der Waals surface area contributed by atoms with Crippen molar-refractivity contribution in [1.29, 1.82) is 0 Å². The smallest absolute Gasteiger partial charge is 0.398 e. The fraction of sp³-hybridized carbons (Fsp3) is 0.286. The van der Waals surface area contributed by atoms with E-state index in [9.17, 15) is 23.3 Å². The van der Waals surface area contributed by atoms with Crippen molar-refractivity contribution in [3.05, 3.63) is 27.0 Å². The number of halogens is 4. The zero-order valence-corrected chi connectivity index (χ0v) is 8.46. The summed E-state index contributed by atoms with van der Waals surface area (Å²) in [6.45, 7) is 1.14. The highest BCUT2D eigenvalue weighted by atomic mass is 35.5. The minimum atomic E-state index is -5.03. The van der Waals surface area contributed by atoms with Crippen LogP contribution in [0.2, 0.25) is 5.15 Å². The predicted molar refractivity (Wildman–Crippen MR) is 47.3 cm³/mol. The summed E-state index contributed by atoms with van der Waals surface area (Å²) in [6.07, 6.45) is -4.42. The van der Waals surface area contributed by atoms with Gasteiger partial charge < -0.3 is 4.74 Å². The lowest BCUT2D eigenvalue weighted by molar-refractivity contribution is -0.389. The second kappa shape index (κ2) is 4.12. The number of ether oxygens (including phenoxy) is 1. The van der Waals surface area contributed by atoms with Crippen LogP contribution in [0.4, 0.5) is 18.9 Å². The zero-order chi connectivity index (χ0) is 12.5. The van der Waals surface area contributed by atoms with Crippen LogP contribution in [0.5, 0.6) is 5.75 Å². The Morgan fingerprint density at radius 2 is 2.12 bits per heavy atom. The SMILES string of the molecule is Cc1c(Cl)ncc([N+](=O)[O-])c1OC(F)(F)F. The van der Waals surface area contributed by atoms with E-state index in [0.717, 1.165) is 6.92 Å². The molecule has 0 bridgehead atoms. The molecule has 1 heterocycles. The Morgan fingerprint density at radius 3 is 2.56 bits per heavy atom. The van der Waals surface area contributed by atoms with Crippen molar-refractivity contribution in [2.45, 2.75) is 13.3 Å². The van der Waals surface area contributed by atoms with E-state index in [0.29, 0.717) is 6.20 Å². The molecular weight excluding hydrogens is 253 g/mol. The van der Waals surface area contributed by atoms with E-state index < -0.39 is 22.7 Å². The van der Waals surface area contributed by atoms with Crippen LogP contribution in [0.25, 0.3) is 0 Å². The molecule has 0 saturated carbocycles. The molecule has 0 amide bonds. The van der Waals surface area contributed by atoms with Crippen LogP contribution in [-0.4, -0.2) is 16.3 Å². The number of rotatable bonds is 2. The summed E-state index contributed by atoms with van der Waals surface area (Å²) in [6, 6.07) is 0. The summed E-state index contributed by atoms with van der Waals surface area (Å²) < 4.78 is 39.5. The maximum atomic E-state index is 12.0. The first kappa shape index (κ1) is 12.5. The lowest BCUT2D eigenvalue weighted by Crippen LogP contribution is -2.19. The molecule has 0 radical (unpaired) electrons. The standard InChI is InChI=1S/C7H4ClF3N2O3/c1-3-5(16-7(9,10)11)4(13(14)15)2-12-6(3)8/h2H,1H3. The molecule has 0 aliphatic heterocycles. The largest absolute Gasteiger partial charge is 0.573 e. The molecule has 0 spiro atoms. The Bertz CT molecular complexity index is 436. The molecule has 5 nitrogen and oxygen atoms in total. The normalized spacial score (nSPS) is 11.3. The van der Waals surface area contributed by atoms with Gasteiger partial charge in [-0.05, 0) is 6.92 Å². The third kappa shape index (κ3) is 2.72. The van der Waals surface area contributed by atoms with Gasteiger partial charge in [0.1, 0.15) is 11.3 Å². The summed E-state index contributed by atoms with van der Waals surface area (Å²) in [7, 11) is 0. The van der Waals surface area contributed by atoms with Crippen LogP contribution in [0.3, 0.4) is 0 Å². The van der Waals surface area contributed by atoms with Gasteiger partial charge in [-0.1, -0.05) is 11.6 Å². The van der Waals surface area contributed by atoms with Crippen LogP contribution < -0.4 is 4.74 Å². The minimum absolute atomic E-state index is 0.242. The molecule has 0 atom stereocenters. The summed E-state index contributed by atoms with van der Waals surface area (Å²) in [5, 5.41) is 10.2. The number of pyridine rings is 1. The summed E-state index contributed by atoms with van der Waals surface area (Å²) in [5.41, 5.74) is -1.13. The van der Waals surface area contributed by atoms with Crippen molar-refractivity contribution in [2.24, 2.45) is 0 Å². The van der Waals surface area contributed by atoms with E-state index in [1.54, 1.807) is 0 Å². The Labute approximate surface area is 91.9 Å². The number of aromatic nitrogens is 1. The van der Waals surface area contributed by atoms with Crippen molar-refractivity contribution in [2.75, 3.05) is 0 Å². The number of alkyl halides is 3. The molecule has 0 aliphatic rings. The molecule has 1 aromatic rings. The van der Waals surface area contributed by atoms with Crippen molar-refractivity contribution in [3.63, 3.8) is 0 Å². The third-order valence-electron chi connectivity index (χ3n) is 1.60. The first-order chi connectivity index (χ1) is 7.22. The van der Waals surface area contributed by atoms with Gasteiger partial charge in [0.25, 0.3) is 0 Å². The fourth-order valence-electron chi connectivity index (χ4n) is 0.934. The first-order valence-corrected chi connectivity index (χ1v) is 4.15. The second-order valence-electron chi connectivity index (χ2n) is 2.69. The molecule has 0 fully saturated rings. The highest BCUT2D eigenvalue weighted by Crippen LogP contribution is 2.36. The molecule has 0 aliphatic carbocycles. The van der Waals surface area contributed by atoms with Gasteiger partial charge in [0, 0.05) is 5.56 Å². The highest BCUT2D eigenvalue weighted by molar-refractivity contribution is 6.30. The van der Waals surface area contributed by atoms with Crippen molar-refractivity contribution in [3.8, 4) is 5.75 Å². The Morgan fingerprint density at radius 1 is 1.56 bits per heavy atom. The quantitative estimate of drug-likeness (QED) is 0.464. The number of hydrogen-bond acceptors (Lipinski definition) is 4. The molecule has 1 rings (SSSR count). The van der Waals surface area contributed by atoms with Crippen LogP contribution in [0, 0.1) is 17.0 Å². The molecule has 88 valence electrons. The van der Waals surface area contributed by atoms with Gasteiger partial charge >= 0.3 is 12.0 Å². The summed E-state index contributed by atoms with van der Waals surface area (Å²) in [4.78, 5) is 12.8. The number of hydrogen-bond donors (Lipinski definition) is 0. The van der Waals surface area contributed by atoms with Gasteiger partial charge in [0.05, 0.1) is 4.92 Å². The summed E-state index contributed by atoms with van der Waals surface area (Å²) >= 11 is 5.44. The van der Waals surface area contributed by atoms with Crippen LogP contribution in [0.15, 0.2) is 6.20 Å². The van der Waals surface area contributed by atoms with Crippen LogP contribution in [-0.2, 0) is 0 Å². The van der Waals surface area contributed by atoms with Gasteiger partial charge in [-0.3, -0.25) is 10.1 Å². The van der Waals surface area contributed by atoms with Gasteiger partial charge in [0.15, 0.2) is 0 Å². The van der Waals surface area contributed by atoms with Gasteiger partial charge in [-0.2, -0.15) is 0 Å². The molecule has 1 aromatic heterocycles. The summed E-state index contributed by atoms with van der Waals surface area (Å²) in [5.74, 6) is -0.947. The average molecular weight is 257 g/mol. The van der Waals surface area contributed by atoms with E-state index in [1.165, 1.54) is 0 Å². The predicted octanol–water partition coefficient (Wildman–Crippen LogP) is 2.85. The lowest BCUT2D eigenvalue weighted by atomic mass is 10.2. The first-order valence-electron chi connectivity index (χ1n) is 3.77. The fourth-order valence-corrected chi connectivity index (χ4v) is 1.07. The van der Waals surface area contributed by atoms with Gasteiger partial charge in [0.2, 0.25) is 5.75 Å². The number of nitro groups is 1. The Hall–Kier alpha value is -1.57. The molecule has 0 unspecified atom stereocenters. The Kier molecular flexibility index (Phi) is 3.22. The van der Waals surface area contributed by atoms with Gasteiger partial charge in [-0.15, -0.1) is 13.2 Å². The minimum Gasteiger partial charge on any atom is -0.398 e. The van der Waals surface area contributed by atoms with Crippen molar-refractivity contribution in [1.82, 2.24) is 4.98 Å².